The van der Waals surface area contributed by atoms with Gasteiger partial charge in [0.1, 0.15) is 11.6 Å². The van der Waals surface area contributed by atoms with Crippen LogP contribution in [-0.4, -0.2) is 15.0 Å². The van der Waals surface area contributed by atoms with Gasteiger partial charge < -0.3 is 0 Å². The SMILES string of the molecule is N#Cc1ccc(F)c(-c2ccc(-c3nc(-c4ccccc4)nc(-c4ccccc4)n3)cc2F)c1. The summed E-state index contributed by atoms with van der Waals surface area (Å²) in [6.07, 6.45) is 0. The Kier molecular flexibility index (Phi) is 5.59. The molecule has 0 radical (unpaired) electrons. The van der Waals surface area contributed by atoms with E-state index in [2.05, 4.69) is 15.0 Å². The molecular formula is C28H16F2N4. The Labute approximate surface area is 194 Å². The highest BCUT2D eigenvalue weighted by atomic mass is 19.1. The molecule has 6 heteroatoms. The Morgan fingerprint density at radius 3 is 1.62 bits per heavy atom. The second kappa shape index (κ2) is 9.00. The normalized spacial score (nSPS) is 10.6. The monoisotopic (exact) mass is 446 g/mol. The van der Waals surface area contributed by atoms with Crippen LogP contribution in [0, 0.1) is 23.0 Å². The molecule has 5 rings (SSSR count). The summed E-state index contributed by atoms with van der Waals surface area (Å²) in [6.45, 7) is 0. The number of benzene rings is 4. The van der Waals surface area contributed by atoms with Gasteiger partial charge in [-0.1, -0.05) is 72.8 Å². The number of halogens is 2. The predicted molar refractivity (Wildman–Crippen MR) is 126 cm³/mol. The highest BCUT2D eigenvalue weighted by Gasteiger charge is 2.16. The van der Waals surface area contributed by atoms with Crippen molar-refractivity contribution in [3.63, 3.8) is 0 Å². The van der Waals surface area contributed by atoms with Crippen LogP contribution in [0.5, 0.6) is 0 Å². The number of aromatic nitrogens is 3. The number of hydrogen-bond acceptors (Lipinski definition) is 4. The molecule has 34 heavy (non-hydrogen) atoms. The first-order valence-electron chi connectivity index (χ1n) is 10.5. The smallest absolute Gasteiger partial charge is 0.164 e. The van der Waals surface area contributed by atoms with Crippen LogP contribution in [-0.2, 0) is 0 Å². The Morgan fingerprint density at radius 1 is 0.529 bits per heavy atom. The van der Waals surface area contributed by atoms with Crippen LogP contribution in [0.4, 0.5) is 8.78 Å². The molecule has 0 N–H and O–H groups in total. The molecule has 0 aliphatic rings. The predicted octanol–water partition coefficient (Wildman–Crippen LogP) is 6.69. The van der Waals surface area contributed by atoms with E-state index in [9.17, 15) is 4.39 Å². The first-order valence-corrected chi connectivity index (χ1v) is 10.5. The van der Waals surface area contributed by atoms with Gasteiger partial charge in [-0.15, -0.1) is 0 Å². The van der Waals surface area contributed by atoms with Crippen LogP contribution in [0.3, 0.4) is 0 Å². The zero-order valence-corrected chi connectivity index (χ0v) is 17.8. The molecule has 0 unspecified atom stereocenters. The molecule has 1 heterocycles. The van der Waals surface area contributed by atoms with Crippen LogP contribution in [0.2, 0.25) is 0 Å². The van der Waals surface area contributed by atoms with E-state index in [1.807, 2.05) is 66.7 Å². The van der Waals surface area contributed by atoms with Gasteiger partial charge in [0.25, 0.3) is 0 Å². The molecule has 0 bridgehead atoms. The second-order valence-electron chi connectivity index (χ2n) is 7.54. The van der Waals surface area contributed by atoms with Gasteiger partial charge in [0, 0.05) is 27.8 Å². The Hall–Kier alpha value is -4.76. The molecule has 0 spiro atoms. The fraction of sp³-hybridized carbons (Fsp3) is 0. The lowest BCUT2D eigenvalue weighted by atomic mass is 10.0. The average molecular weight is 446 g/mol. The van der Waals surface area contributed by atoms with Crippen molar-refractivity contribution in [2.75, 3.05) is 0 Å². The van der Waals surface area contributed by atoms with E-state index in [1.54, 1.807) is 6.07 Å². The summed E-state index contributed by atoms with van der Waals surface area (Å²) in [5, 5.41) is 9.11. The van der Waals surface area contributed by atoms with Gasteiger partial charge in [-0.3, -0.25) is 0 Å². The van der Waals surface area contributed by atoms with Crippen molar-refractivity contribution in [2.45, 2.75) is 0 Å². The van der Waals surface area contributed by atoms with Crippen molar-refractivity contribution >= 4 is 0 Å². The quantitative estimate of drug-likeness (QED) is 0.309. The third-order valence-electron chi connectivity index (χ3n) is 5.31. The summed E-state index contributed by atoms with van der Waals surface area (Å²) in [4.78, 5) is 13.8. The second-order valence-corrected chi connectivity index (χ2v) is 7.54. The summed E-state index contributed by atoms with van der Waals surface area (Å²) < 4.78 is 29.5. The molecule has 0 saturated heterocycles. The van der Waals surface area contributed by atoms with Crippen LogP contribution in [0.15, 0.2) is 97.1 Å². The van der Waals surface area contributed by atoms with Gasteiger partial charge in [0.05, 0.1) is 11.6 Å². The number of nitriles is 1. The van der Waals surface area contributed by atoms with E-state index < -0.39 is 11.6 Å². The molecule has 5 aromatic rings. The lowest BCUT2D eigenvalue weighted by Gasteiger charge is -2.10. The lowest BCUT2D eigenvalue weighted by molar-refractivity contribution is 0.616. The van der Waals surface area contributed by atoms with Gasteiger partial charge >= 0.3 is 0 Å². The summed E-state index contributed by atoms with van der Waals surface area (Å²) in [6, 6.07) is 29.1. The van der Waals surface area contributed by atoms with Crippen molar-refractivity contribution in [3.8, 4) is 51.4 Å². The first kappa shape index (κ1) is 21.1. The topological polar surface area (TPSA) is 62.5 Å². The third kappa shape index (κ3) is 4.15. The minimum atomic E-state index is -0.644. The van der Waals surface area contributed by atoms with E-state index in [-0.39, 0.29) is 16.7 Å². The third-order valence-corrected chi connectivity index (χ3v) is 5.31. The van der Waals surface area contributed by atoms with Crippen LogP contribution >= 0.6 is 0 Å². The molecule has 1 aromatic heterocycles. The maximum atomic E-state index is 15.2. The van der Waals surface area contributed by atoms with Crippen molar-refractivity contribution in [2.24, 2.45) is 0 Å². The summed E-state index contributed by atoms with van der Waals surface area (Å²) in [5.74, 6) is -0.0363. The molecule has 4 nitrogen and oxygen atoms in total. The number of rotatable bonds is 4. The van der Waals surface area contributed by atoms with Crippen molar-refractivity contribution in [1.29, 1.82) is 5.26 Å². The van der Waals surface area contributed by atoms with Gasteiger partial charge in [-0.2, -0.15) is 5.26 Å². The maximum absolute atomic E-state index is 15.2. The molecule has 0 aliphatic carbocycles. The molecule has 0 saturated carbocycles. The minimum absolute atomic E-state index is 0.0219. The average Bonchev–Trinajstić information content (AvgIpc) is 2.90. The van der Waals surface area contributed by atoms with Gasteiger partial charge in [0.15, 0.2) is 17.5 Å². The highest BCUT2D eigenvalue weighted by Crippen LogP contribution is 2.31. The zero-order valence-electron chi connectivity index (χ0n) is 17.8. The molecular weight excluding hydrogens is 430 g/mol. The van der Waals surface area contributed by atoms with E-state index in [0.717, 1.165) is 17.2 Å². The van der Waals surface area contributed by atoms with E-state index in [0.29, 0.717) is 23.0 Å². The van der Waals surface area contributed by atoms with Gasteiger partial charge in [0.2, 0.25) is 0 Å². The van der Waals surface area contributed by atoms with Crippen molar-refractivity contribution in [1.82, 2.24) is 15.0 Å². The van der Waals surface area contributed by atoms with Gasteiger partial charge in [-0.25, -0.2) is 23.7 Å². The van der Waals surface area contributed by atoms with E-state index >= 15 is 4.39 Å². The van der Waals surface area contributed by atoms with Crippen molar-refractivity contribution in [3.05, 3.63) is 114 Å². The van der Waals surface area contributed by atoms with Crippen LogP contribution in [0.25, 0.3) is 45.3 Å². The van der Waals surface area contributed by atoms with E-state index in [4.69, 9.17) is 5.26 Å². The minimum Gasteiger partial charge on any atom is -0.208 e. The first-order chi connectivity index (χ1) is 16.6. The molecule has 162 valence electrons. The van der Waals surface area contributed by atoms with E-state index in [1.165, 1.54) is 24.3 Å². The molecule has 0 amide bonds. The molecule has 0 fully saturated rings. The number of hydrogen-bond donors (Lipinski definition) is 0. The largest absolute Gasteiger partial charge is 0.208 e. The Balaban J connectivity index is 1.64. The highest BCUT2D eigenvalue weighted by molar-refractivity contribution is 5.72. The Bertz CT molecular complexity index is 1470. The fourth-order valence-corrected chi connectivity index (χ4v) is 3.61. The zero-order chi connectivity index (χ0) is 23.5. The molecule has 0 aliphatic heterocycles. The van der Waals surface area contributed by atoms with Gasteiger partial charge in [-0.05, 0) is 24.3 Å². The number of nitrogens with zero attached hydrogens (tertiary/aromatic N) is 4. The summed E-state index contributed by atoms with van der Waals surface area (Å²) >= 11 is 0. The van der Waals surface area contributed by atoms with Crippen LogP contribution in [0.1, 0.15) is 5.56 Å². The van der Waals surface area contributed by atoms with Crippen molar-refractivity contribution < 1.29 is 8.78 Å². The summed E-state index contributed by atoms with van der Waals surface area (Å²) in [5.41, 5.74) is 2.35. The fourth-order valence-electron chi connectivity index (χ4n) is 3.61. The lowest BCUT2D eigenvalue weighted by Crippen LogP contribution is -2.00. The molecule has 0 atom stereocenters. The van der Waals surface area contributed by atoms with Crippen LogP contribution < -0.4 is 0 Å². The standard InChI is InChI=1S/C28H16F2N4/c29-24-14-11-18(17-31)15-23(24)22-13-12-21(16-25(22)30)28-33-26(19-7-3-1-4-8-19)32-27(34-28)20-9-5-2-6-10-20/h1-16H. The Morgan fingerprint density at radius 2 is 1.09 bits per heavy atom. The maximum Gasteiger partial charge on any atom is 0.164 e. The molecule has 4 aromatic carbocycles. The summed E-state index contributed by atoms with van der Waals surface area (Å²) in [7, 11) is 0.